The molecule has 1 aliphatic rings. The molecule has 0 aromatic carbocycles. The van der Waals surface area contributed by atoms with Crippen LogP contribution in [0.25, 0.3) is 0 Å². The molecule has 1 saturated heterocycles. The number of likely N-dealkylation sites (N-methyl/N-ethyl adjacent to an activating group) is 1. The lowest BCUT2D eigenvalue weighted by Crippen LogP contribution is -2.48. The number of ether oxygens (including phenoxy) is 1. The van der Waals surface area contributed by atoms with Gasteiger partial charge >= 0.3 is 18.0 Å². The molecule has 0 spiro atoms. The van der Waals surface area contributed by atoms with Crippen molar-refractivity contribution in [2.45, 2.75) is 37.8 Å². The zero-order valence-corrected chi connectivity index (χ0v) is 11.4. The zero-order chi connectivity index (χ0) is 15.1. The van der Waals surface area contributed by atoms with E-state index in [9.17, 15) is 14.4 Å². The number of aliphatic carboxylic acids is 2. The highest BCUT2D eigenvalue weighted by Gasteiger charge is 2.25. The van der Waals surface area contributed by atoms with Crippen LogP contribution in [0.5, 0.6) is 0 Å². The largest absolute Gasteiger partial charge is 0.481 e. The molecule has 0 aliphatic carbocycles. The Hall–Kier alpha value is -1.83. The lowest BCUT2D eigenvalue weighted by molar-refractivity contribution is -0.140. The second kappa shape index (κ2) is 7.68. The molecule has 1 aliphatic heterocycles. The Morgan fingerprint density at radius 1 is 1.40 bits per heavy atom. The number of nitrogens with one attached hydrogen (secondary N) is 1. The van der Waals surface area contributed by atoms with E-state index in [4.69, 9.17) is 14.9 Å². The van der Waals surface area contributed by atoms with Gasteiger partial charge in [0.1, 0.15) is 6.04 Å². The number of amides is 2. The van der Waals surface area contributed by atoms with Crippen molar-refractivity contribution in [1.29, 1.82) is 0 Å². The van der Waals surface area contributed by atoms with Crippen molar-refractivity contribution in [1.82, 2.24) is 10.2 Å². The molecule has 114 valence electrons. The highest BCUT2D eigenvalue weighted by atomic mass is 16.5. The van der Waals surface area contributed by atoms with Crippen LogP contribution in [0.2, 0.25) is 0 Å². The first-order valence-corrected chi connectivity index (χ1v) is 6.48. The Morgan fingerprint density at radius 3 is 2.60 bits per heavy atom. The predicted molar refractivity (Wildman–Crippen MR) is 68.4 cm³/mol. The van der Waals surface area contributed by atoms with Gasteiger partial charge in [-0.15, -0.1) is 0 Å². The fourth-order valence-corrected chi connectivity index (χ4v) is 1.96. The summed E-state index contributed by atoms with van der Waals surface area (Å²) in [6.45, 7) is 1.06. The van der Waals surface area contributed by atoms with Gasteiger partial charge in [-0.1, -0.05) is 0 Å². The van der Waals surface area contributed by atoms with Gasteiger partial charge in [-0.05, 0) is 19.3 Å². The van der Waals surface area contributed by atoms with E-state index >= 15 is 0 Å². The third-order valence-corrected chi connectivity index (χ3v) is 3.09. The van der Waals surface area contributed by atoms with Crippen LogP contribution in [0.3, 0.4) is 0 Å². The standard InChI is InChI=1S/C12H20N2O6/c1-14(7-8-3-2-6-20-8)12(19)13-9(11(17)18)4-5-10(15)16/h8-9H,2-7H2,1H3,(H,13,19)(H,15,16)(H,17,18)/t8?,9-/m0/s1. The van der Waals surface area contributed by atoms with Crippen molar-refractivity contribution in [2.75, 3.05) is 20.2 Å². The van der Waals surface area contributed by atoms with Gasteiger partial charge < -0.3 is 25.2 Å². The van der Waals surface area contributed by atoms with Crippen LogP contribution in [0.4, 0.5) is 4.79 Å². The predicted octanol–water partition coefficient (Wildman–Crippen LogP) is 0.125. The molecule has 0 saturated carbocycles. The Bertz CT molecular complexity index is 367. The van der Waals surface area contributed by atoms with Crippen LogP contribution in [0.1, 0.15) is 25.7 Å². The maximum atomic E-state index is 11.8. The molecule has 20 heavy (non-hydrogen) atoms. The van der Waals surface area contributed by atoms with Gasteiger partial charge in [0.25, 0.3) is 0 Å². The van der Waals surface area contributed by atoms with E-state index in [2.05, 4.69) is 5.32 Å². The maximum absolute atomic E-state index is 11.8. The Morgan fingerprint density at radius 2 is 2.10 bits per heavy atom. The minimum atomic E-state index is -1.25. The van der Waals surface area contributed by atoms with E-state index in [0.29, 0.717) is 13.2 Å². The van der Waals surface area contributed by atoms with Gasteiger partial charge in [-0.3, -0.25) is 4.79 Å². The number of carbonyl (C=O) groups is 3. The first-order chi connectivity index (χ1) is 9.40. The summed E-state index contributed by atoms with van der Waals surface area (Å²) < 4.78 is 5.39. The van der Waals surface area contributed by atoms with Crippen molar-refractivity contribution in [3.8, 4) is 0 Å². The SMILES string of the molecule is CN(CC1CCCO1)C(=O)N[C@@H](CCC(=O)O)C(=O)O. The third-order valence-electron chi connectivity index (χ3n) is 3.09. The Kier molecular flexibility index (Phi) is 6.23. The van der Waals surface area contributed by atoms with Gasteiger partial charge in [0.05, 0.1) is 6.10 Å². The number of carboxylic acid groups (broad SMARTS) is 2. The molecule has 1 heterocycles. The third kappa shape index (κ3) is 5.43. The van der Waals surface area contributed by atoms with Crippen LogP contribution >= 0.6 is 0 Å². The summed E-state index contributed by atoms with van der Waals surface area (Å²) in [7, 11) is 1.55. The first-order valence-electron chi connectivity index (χ1n) is 6.48. The topological polar surface area (TPSA) is 116 Å². The second-order valence-corrected chi connectivity index (χ2v) is 4.79. The van der Waals surface area contributed by atoms with E-state index < -0.39 is 24.0 Å². The van der Waals surface area contributed by atoms with Gasteiger partial charge in [0.15, 0.2) is 0 Å². The van der Waals surface area contributed by atoms with Crippen molar-refractivity contribution < 1.29 is 29.3 Å². The molecule has 1 unspecified atom stereocenters. The van der Waals surface area contributed by atoms with Gasteiger partial charge in [0.2, 0.25) is 0 Å². The molecule has 2 amide bonds. The molecule has 3 N–H and O–H groups in total. The molecular formula is C12H20N2O6. The number of hydrogen-bond acceptors (Lipinski definition) is 4. The van der Waals surface area contributed by atoms with E-state index in [-0.39, 0.29) is 18.9 Å². The summed E-state index contributed by atoms with van der Waals surface area (Å²) in [6.07, 6.45) is 1.35. The van der Waals surface area contributed by atoms with E-state index in [1.165, 1.54) is 4.90 Å². The monoisotopic (exact) mass is 288 g/mol. The van der Waals surface area contributed by atoms with E-state index in [1.807, 2.05) is 0 Å². The average molecular weight is 288 g/mol. The van der Waals surface area contributed by atoms with Crippen molar-refractivity contribution in [2.24, 2.45) is 0 Å². The number of nitrogens with zero attached hydrogens (tertiary/aromatic N) is 1. The first kappa shape index (κ1) is 16.2. The fraction of sp³-hybridized carbons (Fsp3) is 0.750. The van der Waals surface area contributed by atoms with Crippen molar-refractivity contribution >= 4 is 18.0 Å². The van der Waals surface area contributed by atoms with Crippen LogP contribution in [0, 0.1) is 0 Å². The fourth-order valence-electron chi connectivity index (χ4n) is 1.96. The van der Waals surface area contributed by atoms with E-state index in [0.717, 1.165) is 12.8 Å². The smallest absolute Gasteiger partial charge is 0.326 e. The molecule has 1 fully saturated rings. The van der Waals surface area contributed by atoms with Crippen LogP contribution in [-0.4, -0.2) is 65.4 Å². The molecule has 0 aromatic rings. The minimum absolute atomic E-state index is 0.0203. The molecule has 8 heteroatoms. The molecule has 0 aromatic heterocycles. The highest BCUT2D eigenvalue weighted by molar-refractivity contribution is 5.83. The summed E-state index contributed by atoms with van der Waals surface area (Å²) in [5, 5.41) is 19.8. The van der Waals surface area contributed by atoms with Gasteiger partial charge in [-0.2, -0.15) is 0 Å². The normalized spacial score (nSPS) is 19.4. The molecule has 8 nitrogen and oxygen atoms in total. The van der Waals surface area contributed by atoms with E-state index in [1.54, 1.807) is 7.05 Å². The summed E-state index contributed by atoms with van der Waals surface area (Å²) in [5.41, 5.74) is 0. The molecule has 2 atom stereocenters. The minimum Gasteiger partial charge on any atom is -0.481 e. The number of urea groups is 1. The number of hydrogen-bond donors (Lipinski definition) is 3. The molecule has 0 bridgehead atoms. The van der Waals surface area contributed by atoms with Crippen LogP contribution in [-0.2, 0) is 14.3 Å². The molecule has 0 radical (unpaired) electrons. The summed E-state index contributed by atoms with van der Waals surface area (Å²) in [5.74, 6) is -2.34. The molecular weight excluding hydrogens is 268 g/mol. The van der Waals surface area contributed by atoms with Crippen LogP contribution in [0.15, 0.2) is 0 Å². The number of carboxylic acids is 2. The Labute approximate surface area is 116 Å². The summed E-state index contributed by atoms with van der Waals surface area (Å²) >= 11 is 0. The Balaban J connectivity index is 2.42. The summed E-state index contributed by atoms with van der Waals surface area (Å²) in [4.78, 5) is 34.6. The average Bonchev–Trinajstić information content (AvgIpc) is 2.86. The van der Waals surface area contributed by atoms with Crippen molar-refractivity contribution in [3.05, 3.63) is 0 Å². The van der Waals surface area contributed by atoms with Crippen LogP contribution < -0.4 is 5.32 Å². The van der Waals surface area contributed by atoms with Gasteiger partial charge in [-0.25, -0.2) is 9.59 Å². The second-order valence-electron chi connectivity index (χ2n) is 4.79. The lowest BCUT2D eigenvalue weighted by atomic mass is 10.1. The quantitative estimate of drug-likeness (QED) is 0.613. The van der Waals surface area contributed by atoms with Gasteiger partial charge in [0, 0.05) is 26.6 Å². The van der Waals surface area contributed by atoms with Crippen molar-refractivity contribution in [3.63, 3.8) is 0 Å². The maximum Gasteiger partial charge on any atom is 0.326 e. The highest BCUT2D eigenvalue weighted by Crippen LogP contribution is 2.12. The lowest BCUT2D eigenvalue weighted by Gasteiger charge is -2.23. The number of carbonyl (C=O) groups excluding carboxylic acids is 1. The number of rotatable bonds is 7. The molecule has 1 rings (SSSR count). The summed E-state index contributed by atoms with van der Waals surface area (Å²) in [6, 6.07) is -1.75. The zero-order valence-electron chi connectivity index (χ0n) is 11.4.